The van der Waals surface area contributed by atoms with Gasteiger partial charge >= 0.3 is 0 Å². The molecule has 66 valence electrons. The topological polar surface area (TPSA) is 44.0 Å². The van der Waals surface area contributed by atoms with Crippen LogP contribution in [-0.4, -0.2) is 11.2 Å². The Morgan fingerprint density at radius 1 is 1.42 bits per heavy atom. The fourth-order valence-electron chi connectivity index (χ4n) is 3.01. The Labute approximate surface area is 73.2 Å². The van der Waals surface area contributed by atoms with Crippen LogP contribution in [0.4, 0.5) is 0 Å². The molecule has 1 N–H and O–H groups in total. The van der Waals surface area contributed by atoms with E-state index in [1.807, 2.05) is 0 Å². The van der Waals surface area contributed by atoms with Crippen LogP contribution >= 0.6 is 0 Å². The number of rotatable bonds is 2. The molecule has 2 heteroatoms. The number of nitriles is 1. The van der Waals surface area contributed by atoms with Gasteiger partial charge in [0.05, 0.1) is 18.6 Å². The lowest BCUT2D eigenvalue weighted by Gasteiger charge is -2.24. The van der Waals surface area contributed by atoms with Gasteiger partial charge in [0.15, 0.2) is 0 Å². The molecule has 2 rings (SSSR count). The minimum Gasteiger partial charge on any atom is -0.392 e. The average Bonchev–Trinajstić information content (AvgIpc) is 2.64. The minimum atomic E-state index is -0.342. The van der Waals surface area contributed by atoms with Crippen LogP contribution in [0.1, 0.15) is 32.1 Å². The van der Waals surface area contributed by atoms with Crippen LogP contribution in [-0.2, 0) is 0 Å². The molecule has 0 amide bonds. The number of aliphatic hydroxyl groups is 1. The second-order valence-corrected chi connectivity index (χ2v) is 4.27. The Hall–Kier alpha value is -0.550. The van der Waals surface area contributed by atoms with Crippen LogP contribution in [0.15, 0.2) is 0 Å². The summed E-state index contributed by atoms with van der Waals surface area (Å²) in [5, 5.41) is 18.1. The van der Waals surface area contributed by atoms with Crippen molar-refractivity contribution in [1.82, 2.24) is 0 Å². The molecule has 2 saturated carbocycles. The molecule has 0 spiro atoms. The Morgan fingerprint density at radius 3 is 2.75 bits per heavy atom. The second kappa shape index (κ2) is 3.06. The quantitative estimate of drug-likeness (QED) is 0.676. The van der Waals surface area contributed by atoms with Gasteiger partial charge in [-0.05, 0) is 37.0 Å². The van der Waals surface area contributed by atoms with Crippen molar-refractivity contribution in [3.63, 3.8) is 0 Å². The highest BCUT2D eigenvalue weighted by Crippen LogP contribution is 2.49. The van der Waals surface area contributed by atoms with Crippen LogP contribution in [0.25, 0.3) is 0 Å². The predicted molar refractivity (Wildman–Crippen MR) is 45.2 cm³/mol. The lowest BCUT2D eigenvalue weighted by molar-refractivity contribution is 0.0787. The van der Waals surface area contributed by atoms with Gasteiger partial charge in [-0.1, -0.05) is 6.42 Å². The number of hydrogen-bond acceptors (Lipinski definition) is 2. The lowest BCUT2D eigenvalue weighted by atomic mass is 9.84. The van der Waals surface area contributed by atoms with E-state index in [9.17, 15) is 5.11 Å². The van der Waals surface area contributed by atoms with Crippen LogP contribution in [0, 0.1) is 29.1 Å². The molecule has 4 atom stereocenters. The normalized spacial score (nSPS) is 41.2. The molecule has 0 heterocycles. The van der Waals surface area contributed by atoms with Crippen LogP contribution in [0.5, 0.6) is 0 Å². The first-order valence-corrected chi connectivity index (χ1v) is 4.86. The molecule has 2 aliphatic carbocycles. The summed E-state index contributed by atoms with van der Waals surface area (Å²) in [6.45, 7) is 0. The highest BCUT2D eigenvalue weighted by Gasteiger charge is 2.42. The standard InChI is InChI=1S/C10H15NO/c11-4-3-10(12)9-6-7-1-2-8(9)5-7/h7-10,12H,1-3,5-6H2. The summed E-state index contributed by atoms with van der Waals surface area (Å²) in [5.41, 5.74) is 0. The third kappa shape index (κ3) is 1.23. The highest BCUT2D eigenvalue weighted by atomic mass is 16.3. The largest absolute Gasteiger partial charge is 0.392 e. The fraction of sp³-hybridized carbons (Fsp3) is 0.900. The molecule has 4 unspecified atom stereocenters. The summed E-state index contributed by atoms with van der Waals surface area (Å²) >= 11 is 0. The van der Waals surface area contributed by atoms with Gasteiger partial charge in [0, 0.05) is 0 Å². The summed E-state index contributed by atoms with van der Waals surface area (Å²) in [6, 6.07) is 2.05. The maximum atomic E-state index is 9.65. The van der Waals surface area contributed by atoms with E-state index in [1.165, 1.54) is 25.7 Å². The molecule has 2 nitrogen and oxygen atoms in total. The molecular formula is C10H15NO. The van der Waals surface area contributed by atoms with Crippen molar-refractivity contribution in [3.8, 4) is 6.07 Å². The molecule has 2 fully saturated rings. The zero-order valence-electron chi connectivity index (χ0n) is 7.24. The molecule has 12 heavy (non-hydrogen) atoms. The monoisotopic (exact) mass is 165 g/mol. The molecule has 0 aliphatic heterocycles. The van der Waals surface area contributed by atoms with Gasteiger partial charge in [0.25, 0.3) is 0 Å². The summed E-state index contributed by atoms with van der Waals surface area (Å²) in [7, 11) is 0. The molecule has 2 aliphatic rings. The maximum absolute atomic E-state index is 9.65. The third-order valence-electron chi connectivity index (χ3n) is 3.59. The Morgan fingerprint density at radius 2 is 2.25 bits per heavy atom. The summed E-state index contributed by atoms with van der Waals surface area (Å²) in [4.78, 5) is 0. The molecule has 0 saturated heterocycles. The van der Waals surface area contributed by atoms with Crippen molar-refractivity contribution >= 4 is 0 Å². The first kappa shape index (κ1) is 8.07. The smallest absolute Gasteiger partial charge is 0.0700 e. The minimum absolute atomic E-state index is 0.327. The SMILES string of the molecule is N#CCC(O)C1CC2CCC1C2. The zero-order chi connectivity index (χ0) is 8.55. The van der Waals surface area contributed by atoms with E-state index in [1.54, 1.807) is 0 Å². The van der Waals surface area contributed by atoms with E-state index >= 15 is 0 Å². The zero-order valence-corrected chi connectivity index (χ0v) is 7.24. The van der Waals surface area contributed by atoms with E-state index in [2.05, 4.69) is 6.07 Å². The van der Waals surface area contributed by atoms with Crippen molar-refractivity contribution in [2.75, 3.05) is 0 Å². The fourth-order valence-corrected chi connectivity index (χ4v) is 3.01. The summed E-state index contributed by atoms with van der Waals surface area (Å²) < 4.78 is 0. The lowest BCUT2D eigenvalue weighted by Crippen LogP contribution is -2.25. The Kier molecular flexibility index (Phi) is 2.06. The molecule has 0 aromatic rings. The van der Waals surface area contributed by atoms with Crippen molar-refractivity contribution in [2.45, 2.75) is 38.2 Å². The number of aliphatic hydroxyl groups excluding tert-OH is 1. The number of fused-ring (bicyclic) bond motifs is 2. The molecular weight excluding hydrogens is 150 g/mol. The molecule has 0 radical (unpaired) electrons. The highest BCUT2D eigenvalue weighted by molar-refractivity contribution is 4.94. The van der Waals surface area contributed by atoms with Crippen LogP contribution in [0.3, 0.4) is 0 Å². The Balaban J connectivity index is 1.94. The first-order chi connectivity index (χ1) is 5.81. The van der Waals surface area contributed by atoms with E-state index in [0.29, 0.717) is 12.3 Å². The van der Waals surface area contributed by atoms with E-state index in [4.69, 9.17) is 5.26 Å². The number of nitrogens with zero attached hydrogens (tertiary/aromatic N) is 1. The molecule has 0 aromatic heterocycles. The van der Waals surface area contributed by atoms with Gasteiger partial charge < -0.3 is 5.11 Å². The summed E-state index contributed by atoms with van der Waals surface area (Å²) in [5.74, 6) is 2.05. The van der Waals surface area contributed by atoms with E-state index < -0.39 is 0 Å². The predicted octanol–water partition coefficient (Wildman–Crippen LogP) is 1.70. The Bertz CT molecular complexity index is 208. The van der Waals surface area contributed by atoms with Crippen molar-refractivity contribution in [1.29, 1.82) is 5.26 Å². The van der Waals surface area contributed by atoms with E-state index in [0.717, 1.165) is 11.8 Å². The van der Waals surface area contributed by atoms with Gasteiger partial charge in [0.1, 0.15) is 0 Å². The average molecular weight is 165 g/mol. The van der Waals surface area contributed by atoms with Gasteiger partial charge in [0.2, 0.25) is 0 Å². The van der Waals surface area contributed by atoms with Crippen molar-refractivity contribution < 1.29 is 5.11 Å². The molecule has 0 aromatic carbocycles. The third-order valence-corrected chi connectivity index (χ3v) is 3.59. The van der Waals surface area contributed by atoms with E-state index in [-0.39, 0.29) is 6.10 Å². The molecule has 2 bridgehead atoms. The van der Waals surface area contributed by atoms with Crippen LogP contribution < -0.4 is 0 Å². The van der Waals surface area contributed by atoms with Gasteiger partial charge in [-0.25, -0.2) is 0 Å². The second-order valence-electron chi connectivity index (χ2n) is 4.27. The van der Waals surface area contributed by atoms with Crippen LogP contribution in [0.2, 0.25) is 0 Å². The maximum Gasteiger partial charge on any atom is 0.0700 e. The van der Waals surface area contributed by atoms with Gasteiger partial charge in [-0.2, -0.15) is 5.26 Å². The van der Waals surface area contributed by atoms with Gasteiger partial charge in [-0.15, -0.1) is 0 Å². The van der Waals surface area contributed by atoms with Crippen molar-refractivity contribution in [3.05, 3.63) is 0 Å². The number of hydrogen-bond donors (Lipinski definition) is 1. The van der Waals surface area contributed by atoms with Crippen molar-refractivity contribution in [2.24, 2.45) is 17.8 Å². The van der Waals surface area contributed by atoms with Gasteiger partial charge in [-0.3, -0.25) is 0 Å². The summed E-state index contributed by atoms with van der Waals surface area (Å²) in [6.07, 6.45) is 5.12. The first-order valence-electron chi connectivity index (χ1n) is 4.86.